The molecule has 4 nitrogen and oxygen atoms in total. The van der Waals surface area contributed by atoms with E-state index in [9.17, 15) is 9.59 Å². The zero-order chi connectivity index (χ0) is 15.4. The van der Waals surface area contributed by atoms with E-state index in [0.29, 0.717) is 5.75 Å². The number of nitrogens with zero attached hydrogens (tertiary/aromatic N) is 1. The van der Waals surface area contributed by atoms with Crippen LogP contribution in [0.5, 0.6) is 0 Å². The molecule has 0 aliphatic carbocycles. The second-order valence-corrected chi connectivity index (χ2v) is 7.89. The van der Waals surface area contributed by atoms with Crippen LogP contribution in [0.4, 0.5) is 5.69 Å². The van der Waals surface area contributed by atoms with Crippen LogP contribution in [0.15, 0.2) is 24.3 Å². The maximum Gasteiger partial charge on any atom is 0.237 e. The minimum atomic E-state index is -0.143. The van der Waals surface area contributed by atoms with Crippen LogP contribution in [0.1, 0.15) is 12.0 Å². The Hall–Kier alpha value is -1.14. The minimum Gasteiger partial charge on any atom is -0.340 e. The smallest absolute Gasteiger partial charge is 0.237 e. The third-order valence-corrected chi connectivity index (χ3v) is 6.22. The van der Waals surface area contributed by atoms with Crippen molar-refractivity contribution >= 4 is 41.0 Å². The highest BCUT2D eigenvalue weighted by Crippen LogP contribution is 2.27. The van der Waals surface area contributed by atoms with Crippen LogP contribution in [-0.4, -0.2) is 52.3 Å². The Kier molecular flexibility index (Phi) is 5.31. The Morgan fingerprint density at radius 2 is 2.09 bits per heavy atom. The van der Waals surface area contributed by atoms with Crippen molar-refractivity contribution in [1.82, 2.24) is 4.90 Å². The predicted octanol–water partition coefficient (Wildman–Crippen LogP) is 2.25. The number of benzene rings is 1. The summed E-state index contributed by atoms with van der Waals surface area (Å²) in [4.78, 5) is 26.4. The molecule has 1 aromatic carbocycles. The number of nitrogens with one attached hydrogen (secondary N) is 1. The molecule has 1 fully saturated rings. The lowest BCUT2D eigenvalue weighted by Gasteiger charge is -2.26. The Bertz CT molecular complexity index is 559. The molecule has 2 heterocycles. The first-order valence-corrected chi connectivity index (χ1v) is 9.80. The molecule has 1 unspecified atom stereocenters. The zero-order valence-corrected chi connectivity index (χ0v) is 14.0. The fourth-order valence-electron chi connectivity index (χ4n) is 2.73. The quantitative estimate of drug-likeness (QED) is 0.920. The molecule has 22 heavy (non-hydrogen) atoms. The van der Waals surface area contributed by atoms with Crippen molar-refractivity contribution in [2.75, 3.05) is 35.7 Å². The normalized spacial score (nSPS) is 21.7. The summed E-state index contributed by atoms with van der Waals surface area (Å²) >= 11 is 3.37. The molecule has 1 saturated heterocycles. The molecule has 0 saturated carbocycles. The standard InChI is InChI=1S/C16H20N2O2S2/c19-15(18-7-9-21-10-8-18)11-22-14-6-5-12-3-1-2-4-13(12)17-16(14)20/h1-4,14H,5-11H2,(H,17,20). The number of carbonyl (C=O) groups excluding carboxylic acids is 2. The number of para-hydroxylation sites is 1. The molecular formula is C16H20N2O2S2. The Morgan fingerprint density at radius 3 is 2.91 bits per heavy atom. The first-order valence-electron chi connectivity index (χ1n) is 7.60. The second-order valence-electron chi connectivity index (χ2n) is 5.48. The number of rotatable bonds is 3. The molecule has 2 aliphatic heterocycles. The summed E-state index contributed by atoms with van der Waals surface area (Å²) in [6.07, 6.45) is 1.66. The van der Waals surface area contributed by atoms with Gasteiger partial charge >= 0.3 is 0 Å². The number of amides is 2. The van der Waals surface area contributed by atoms with Crippen molar-refractivity contribution in [3.63, 3.8) is 0 Å². The van der Waals surface area contributed by atoms with E-state index < -0.39 is 0 Å². The van der Waals surface area contributed by atoms with Gasteiger partial charge < -0.3 is 10.2 Å². The van der Waals surface area contributed by atoms with Gasteiger partial charge in [-0.3, -0.25) is 9.59 Å². The van der Waals surface area contributed by atoms with Crippen LogP contribution >= 0.6 is 23.5 Å². The summed E-state index contributed by atoms with van der Waals surface area (Å²) < 4.78 is 0. The van der Waals surface area contributed by atoms with Crippen molar-refractivity contribution in [2.45, 2.75) is 18.1 Å². The van der Waals surface area contributed by atoms with E-state index in [4.69, 9.17) is 0 Å². The van der Waals surface area contributed by atoms with Crippen LogP contribution in [-0.2, 0) is 16.0 Å². The largest absolute Gasteiger partial charge is 0.340 e. The lowest BCUT2D eigenvalue weighted by molar-refractivity contribution is -0.127. The van der Waals surface area contributed by atoms with Gasteiger partial charge in [0.1, 0.15) is 0 Å². The Labute approximate surface area is 139 Å². The van der Waals surface area contributed by atoms with Gasteiger partial charge in [0.05, 0.1) is 11.0 Å². The van der Waals surface area contributed by atoms with Gasteiger partial charge in [-0.15, -0.1) is 11.8 Å². The van der Waals surface area contributed by atoms with Crippen LogP contribution in [0.25, 0.3) is 0 Å². The molecule has 0 bridgehead atoms. The molecule has 2 aliphatic rings. The van der Waals surface area contributed by atoms with Crippen molar-refractivity contribution in [2.24, 2.45) is 0 Å². The lowest BCUT2D eigenvalue weighted by Crippen LogP contribution is -2.39. The molecule has 1 N–H and O–H groups in total. The summed E-state index contributed by atoms with van der Waals surface area (Å²) in [5.41, 5.74) is 2.09. The highest BCUT2D eigenvalue weighted by atomic mass is 32.2. The third-order valence-electron chi connectivity index (χ3n) is 4.02. The maximum absolute atomic E-state index is 12.3. The minimum absolute atomic E-state index is 0.0250. The first kappa shape index (κ1) is 15.7. The first-order chi connectivity index (χ1) is 10.7. The van der Waals surface area contributed by atoms with Crippen molar-refractivity contribution < 1.29 is 9.59 Å². The number of aryl methyl sites for hydroxylation is 1. The Morgan fingerprint density at radius 1 is 1.32 bits per heavy atom. The fourth-order valence-corrected chi connectivity index (χ4v) is 4.65. The molecule has 0 spiro atoms. The lowest BCUT2D eigenvalue weighted by atomic mass is 10.1. The molecule has 3 rings (SSSR count). The molecular weight excluding hydrogens is 316 g/mol. The van der Waals surface area contributed by atoms with E-state index in [2.05, 4.69) is 11.4 Å². The van der Waals surface area contributed by atoms with Gasteiger partial charge in [0.25, 0.3) is 0 Å². The van der Waals surface area contributed by atoms with E-state index in [1.54, 1.807) is 0 Å². The number of thioether (sulfide) groups is 2. The number of anilines is 1. The second kappa shape index (κ2) is 7.42. The number of hydrogen-bond acceptors (Lipinski definition) is 4. The van der Waals surface area contributed by atoms with Gasteiger partial charge in [-0.1, -0.05) is 18.2 Å². The summed E-state index contributed by atoms with van der Waals surface area (Å²) in [5, 5.41) is 2.84. The average molecular weight is 336 g/mol. The van der Waals surface area contributed by atoms with Crippen molar-refractivity contribution in [3.8, 4) is 0 Å². The molecule has 1 aromatic rings. The van der Waals surface area contributed by atoms with E-state index >= 15 is 0 Å². The van der Waals surface area contributed by atoms with Gasteiger partial charge in [0, 0.05) is 30.3 Å². The highest BCUT2D eigenvalue weighted by Gasteiger charge is 2.26. The van der Waals surface area contributed by atoms with Gasteiger partial charge in [-0.25, -0.2) is 0 Å². The van der Waals surface area contributed by atoms with Gasteiger partial charge in [-0.2, -0.15) is 11.8 Å². The SMILES string of the molecule is O=C1Nc2ccccc2CCC1SCC(=O)N1CCSCC1. The van der Waals surface area contributed by atoms with Gasteiger partial charge in [-0.05, 0) is 24.5 Å². The van der Waals surface area contributed by atoms with Crippen LogP contribution < -0.4 is 5.32 Å². The molecule has 1 atom stereocenters. The fraction of sp³-hybridized carbons (Fsp3) is 0.500. The Balaban J connectivity index is 1.55. The van der Waals surface area contributed by atoms with Crippen molar-refractivity contribution in [1.29, 1.82) is 0 Å². The monoisotopic (exact) mass is 336 g/mol. The highest BCUT2D eigenvalue weighted by molar-refractivity contribution is 8.01. The molecule has 0 radical (unpaired) electrons. The topological polar surface area (TPSA) is 49.4 Å². The van der Waals surface area contributed by atoms with E-state index in [1.165, 1.54) is 17.3 Å². The van der Waals surface area contributed by atoms with Crippen molar-refractivity contribution in [3.05, 3.63) is 29.8 Å². The van der Waals surface area contributed by atoms with Gasteiger partial charge in [0.2, 0.25) is 11.8 Å². The van der Waals surface area contributed by atoms with Crippen LogP contribution in [0.3, 0.4) is 0 Å². The molecule has 0 aromatic heterocycles. The molecule has 6 heteroatoms. The average Bonchev–Trinajstić information content (AvgIpc) is 2.72. The molecule has 2 amide bonds. The number of carbonyl (C=O) groups is 2. The van der Waals surface area contributed by atoms with E-state index in [-0.39, 0.29) is 17.1 Å². The summed E-state index contributed by atoms with van der Waals surface area (Å²) in [7, 11) is 0. The van der Waals surface area contributed by atoms with E-state index in [0.717, 1.165) is 43.1 Å². The van der Waals surface area contributed by atoms with Crippen LogP contribution in [0.2, 0.25) is 0 Å². The van der Waals surface area contributed by atoms with Gasteiger partial charge in [0.15, 0.2) is 0 Å². The maximum atomic E-state index is 12.3. The number of fused-ring (bicyclic) bond motifs is 1. The molecule has 118 valence electrons. The predicted molar refractivity (Wildman–Crippen MR) is 93.5 cm³/mol. The summed E-state index contributed by atoms with van der Waals surface area (Å²) in [5.74, 6) is 2.64. The summed E-state index contributed by atoms with van der Waals surface area (Å²) in [6, 6.07) is 7.93. The third kappa shape index (κ3) is 3.79. The number of hydrogen-bond donors (Lipinski definition) is 1. The van der Waals surface area contributed by atoms with Crippen LogP contribution in [0, 0.1) is 0 Å². The van der Waals surface area contributed by atoms with E-state index in [1.807, 2.05) is 34.9 Å². The zero-order valence-electron chi connectivity index (χ0n) is 12.4. The summed E-state index contributed by atoms with van der Waals surface area (Å²) in [6.45, 7) is 1.68.